The van der Waals surface area contributed by atoms with Gasteiger partial charge in [0, 0.05) is 42.0 Å². The van der Waals surface area contributed by atoms with Gasteiger partial charge in [0.05, 0.1) is 25.0 Å². The first-order valence-electron chi connectivity index (χ1n) is 11.0. The Morgan fingerprint density at radius 2 is 2.00 bits per heavy atom. The fourth-order valence-corrected chi connectivity index (χ4v) is 4.38. The molecular formula is C23H28N4O4. The van der Waals surface area contributed by atoms with Gasteiger partial charge in [-0.2, -0.15) is 5.10 Å². The van der Waals surface area contributed by atoms with Gasteiger partial charge in [0.2, 0.25) is 0 Å². The highest BCUT2D eigenvalue weighted by Gasteiger charge is 2.33. The van der Waals surface area contributed by atoms with Crippen molar-refractivity contribution in [3.8, 4) is 16.9 Å². The quantitative estimate of drug-likeness (QED) is 0.735. The van der Waals surface area contributed by atoms with Gasteiger partial charge in [-0.25, -0.2) is 4.79 Å². The fraction of sp³-hybridized carbons (Fsp3) is 0.522. The smallest absolute Gasteiger partial charge is 0.414 e. The zero-order valence-electron chi connectivity index (χ0n) is 18.0. The zero-order chi connectivity index (χ0) is 21.5. The molecule has 0 radical (unpaired) electrons. The Bertz CT molecular complexity index is 1010. The van der Waals surface area contributed by atoms with Gasteiger partial charge in [-0.1, -0.05) is 0 Å². The topological polar surface area (TPSA) is 76.9 Å². The second kappa shape index (κ2) is 7.90. The lowest BCUT2D eigenvalue weighted by Crippen LogP contribution is -2.44. The minimum Gasteiger partial charge on any atom is -0.483 e. The van der Waals surface area contributed by atoms with E-state index in [0.29, 0.717) is 11.8 Å². The van der Waals surface area contributed by atoms with Crippen LogP contribution >= 0.6 is 0 Å². The van der Waals surface area contributed by atoms with Gasteiger partial charge in [0.15, 0.2) is 6.61 Å². The third-order valence-corrected chi connectivity index (χ3v) is 6.50. The molecular weight excluding hydrogens is 396 g/mol. The first-order valence-corrected chi connectivity index (χ1v) is 11.0. The maximum atomic E-state index is 12.5. The number of amides is 2. The van der Waals surface area contributed by atoms with Crippen molar-refractivity contribution in [2.24, 2.45) is 0 Å². The standard InChI is InChI=1S/C23H28N4O4/c1-15-4-7-19-20(27(15)23(29)30-2)9-8-18(16-12-24-26(13-16)17-5-6-17)22(19)31-14-21(28)25-10-3-11-25/h8-9,12-13,15,17H,3-7,10-11,14H2,1-2H3/t15-/m0/s1. The summed E-state index contributed by atoms with van der Waals surface area (Å²) in [7, 11) is 1.40. The Balaban J connectivity index is 1.53. The summed E-state index contributed by atoms with van der Waals surface area (Å²) in [5.74, 6) is 0.667. The molecule has 0 unspecified atom stereocenters. The number of likely N-dealkylation sites (tertiary alicyclic amines) is 1. The predicted octanol–water partition coefficient (Wildman–Crippen LogP) is 3.40. The predicted molar refractivity (Wildman–Crippen MR) is 115 cm³/mol. The first kappa shape index (κ1) is 19.9. The molecule has 1 aromatic heterocycles. The highest BCUT2D eigenvalue weighted by molar-refractivity contribution is 5.92. The van der Waals surface area contributed by atoms with Crippen LogP contribution in [0, 0.1) is 0 Å². The molecule has 8 heteroatoms. The highest BCUT2D eigenvalue weighted by Crippen LogP contribution is 2.44. The van der Waals surface area contributed by atoms with Crippen molar-refractivity contribution in [1.29, 1.82) is 0 Å². The molecule has 3 heterocycles. The van der Waals surface area contributed by atoms with Gasteiger partial charge in [0.1, 0.15) is 5.75 Å². The van der Waals surface area contributed by atoms with E-state index >= 15 is 0 Å². The summed E-state index contributed by atoms with van der Waals surface area (Å²) >= 11 is 0. The Labute approximate surface area is 181 Å². The van der Waals surface area contributed by atoms with E-state index in [4.69, 9.17) is 9.47 Å². The number of ether oxygens (including phenoxy) is 2. The number of hydrogen-bond acceptors (Lipinski definition) is 5. The van der Waals surface area contributed by atoms with Gasteiger partial charge in [-0.15, -0.1) is 0 Å². The second-order valence-electron chi connectivity index (χ2n) is 8.63. The molecule has 0 N–H and O–H groups in total. The fourth-order valence-electron chi connectivity index (χ4n) is 4.38. The number of fused-ring (bicyclic) bond motifs is 1. The van der Waals surface area contributed by atoms with Crippen LogP contribution in [-0.4, -0.2) is 59.5 Å². The average Bonchev–Trinajstić information content (AvgIpc) is 3.47. The molecule has 0 bridgehead atoms. The SMILES string of the molecule is COC(=O)N1c2ccc(-c3cnn(C4CC4)c3)c(OCC(=O)N3CCC3)c2CC[C@@H]1C. The minimum absolute atomic E-state index is 0.00233. The third-order valence-electron chi connectivity index (χ3n) is 6.50. The zero-order valence-corrected chi connectivity index (χ0v) is 18.0. The molecule has 8 nitrogen and oxygen atoms in total. The lowest BCUT2D eigenvalue weighted by atomic mass is 9.92. The molecule has 3 aliphatic rings. The summed E-state index contributed by atoms with van der Waals surface area (Å²) in [4.78, 5) is 28.5. The average molecular weight is 425 g/mol. The summed E-state index contributed by atoms with van der Waals surface area (Å²) in [5.41, 5.74) is 3.60. The van der Waals surface area contributed by atoms with Crippen LogP contribution in [0.3, 0.4) is 0 Å². The van der Waals surface area contributed by atoms with Crippen LogP contribution in [-0.2, 0) is 16.0 Å². The van der Waals surface area contributed by atoms with Crippen molar-refractivity contribution >= 4 is 17.7 Å². The molecule has 1 aromatic carbocycles. The molecule has 2 amide bonds. The molecule has 2 aliphatic heterocycles. The Morgan fingerprint density at radius 3 is 2.68 bits per heavy atom. The van der Waals surface area contributed by atoms with E-state index in [0.717, 1.165) is 67.6 Å². The number of methoxy groups -OCH3 is 1. The lowest BCUT2D eigenvalue weighted by Gasteiger charge is -2.35. The number of hydrogen-bond donors (Lipinski definition) is 0. The van der Waals surface area contributed by atoms with Crippen molar-refractivity contribution < 1.29 is 19.1 Å². The van der Waals surface area contributed by atoms with Crippen molar-refractivity contribution in [2.75, 3.05) is 31.7 Å². The number of carbonyl (C=O) groups excluding carboxylic acids is 2. The van der Waals surface area contributed by atoms with Crippen LogP contribution in [0.15, 0.2) is 24.5 Å². The van der Waals surface area contributed by atoms with E-state index in [1.54, 1.807) is 4.90 Å². The van der Waals surface area contributed by atoms with Crippen molar-refractivity contribution in [3.63, 3.8) is 0 Å². The van der Waals surface area contributed by atoms with E-state index in [1.807, 2.05) is 41.0 Å². The van der Waals surface area contributed by atoms with Crippen LogP contribution in [0.25, 0.3) is 11.1 Å². The molecule has 5 rings (SSSR count). The van der Waals surface area contributed by atoms with Gasteiger partial charge in [0.25, 0.3) is 5.91 Å². The van der Waals surface area contributed by atoms with E-state index < -0.39 is 0 Å². The number of rotatable bonds is 5. The molecule has 2 fully saturated rings. The molecule has 1 atom stereocenters. The summed E-state index contributed by atoms with van der Waals surface area (Å²) < 4.78 is 13.2. The van der Waals surface area contributed by atoms with Crippen LogP contribution in [0.4, 0.5) is 10.5 Å². The van der Waals surface area contributed by atoms with Gasteiger partial charge >= 0.3 is 6.09 Å². The van der Waals surface area contributed by atoms with Gasteiger partial charge in [-0.3, -0.25) is 14.4 Å². The van der Waals surface area contributed by atoms with Crippen LogP contribution in [0.1, 0.15) is 44.2 Å². The maximum Gasteiger partial charge on any atom is 0.414 e. The number of benzene rings is 1. The molecule has 1 saturated carbocycles. The summed E-state index contributed by atoms with van der Waals surface area (Å²) in [6.07, 6.45) is 8.44. The van der Waals surface area contributed by atoms with Crippen LogP contribution in [0.2, 0.25) is 0 Å². The van der Waals surface area contributed by atoms with E-state index in [-0.39, 0.29) is 24.6 Å². The van der Waals surface area contributed by atoms with Crippen molar-refractivity contribution in [3.05, 3.63) is 30.1 Å². The molecule has 31 heavy (non-hydrogen) atoms. The normalized spacial score (nSPS) is 20.1. The number of anilines is 1. The second-order valence-corrected chi connectivity index (χ2v) is 8.63. The van der Waals surface area contributed by atoms with Crippen LogP contribution < -0.4 is 9.64 Å². The Kier molecular flexibility index (Phi) is 5.08. The first-order chi connectivity index (χ1) is 15.1. The number of aromatic nitrogens is 2. The largest absolute Gasteiger partial charge is 0.483 e. The third kappa shape index (κ3) is 3.64. The summed E-state index contributed by atoms with van der Waals surface area (Å²) in [6.45, 7) is 3.60. The van der Waals surface area contributed by atoms with Crippen molar-refractivity contribution in [1.82, 2.24) is 14.7 Å². The monoisotopic (exact) mass is 424 g/mol. The van der Waals surface area contributed by atoms with E-state index in [9.17, 15) is 9.59 Å². The number of carbonyl (C=O) groups is 2. The van der Waals surface area contributed by atoms with E-state index in [2.05, 4.69) is 5.10 Å². The molecule has 1 saturated heterocycles. The summed E-state index contributed by atoms with van der Waals surface area (Å²) in [5, 5.41) is 4.52. The van der Waals surface area contributed by atoms with Crippen LogP contribution in [0.5, 0.6) is 5.75 Å². The molecule has 1 aliphatic carbocycles. The lowest BCUT2D eigenvalue weighted by molar-refractivity contribution is -0.136. The number of nitrogens with zero attached hydrogens (tertiary/aromatic N) is 4. The summed E-state index contributed by atoms with van der Waals surface area (Å²) in [6, 6.07) is 4.43. The van der Waals surface area contributed by atoms with Crippen molar-refractivity contribution in [2.45, 2.75) is 51.1 Å². The van der Waals surface area contributed by atoms with Gasteiger partial charge < -0.3 is 14.4 Å². The maximum absolute atomic E-state index is 12.5. The highest BCUT2D eigenvalue weighted by atomic mass is 16.5. The Hall–Kier alpha value is -3.03. The molecule has 0 spiro atoms. The minimum atomic E-state index is -0.384. The molecule has 2 aromatic rings. The van der Waals surface area contributed by atoms with E-state index in [1.165, 1.54) is 7.11 Å². The van der Waals surface area contributed by atoms with Gasteiger partial charge in [-0.05, 0) is 51.2 Å². The molecule has 164 valence electrons. The Morgan fingerprint density at radius 1 is 1.19 bits per heavy atom.